The molecule has 1 aromatic rings. The number of hydrogen-bond donors (Lipinski definition) is 0. The lowest BCUT2D eigenvalue weighted by Gasteiger charge is -2.33. The van der Waals surface area contributed by atoms with Crippen molar-refractivity contribution in [2.24, 2.45) is 0 Å². The summed E-state index contributed by atoms with van der Waals surface area (Å²) in [4.78, 5) is 34.3. The van der Waals surface area contributed by atoms with Crippen LogP contribution in [0.5, 0.6) is 0 Å². The predicted molar refractivity (Wildman–Crippen MR) is 72.2 cm³/mol. The summed E-state index contributed by atoms with van der Waals surface area (Å²) in [5.74, 6) is 0.0727. The molecule has 0 spiro atoms. The van der Waals surface area contributed by atoms with Crippen molar-refractivity contribution in [1.29, 1.82) is 0 Å². The first-order valence-corrected chi connectivity index (χ1v) is 6.73. The van der Waals surface area contributed by atoms with Crippen LogP contribution in [-0.2, 0) is 9.53 Å². The number of ether oxygens (including phenoxy) is 1. The highest BCUT2D eigenvalue weighted by atomic mass is 16.5. The van der Waals surface area contributed by atoms with Crippen LogP contribution in [0, 0.1) is 13.8 Å². The number of likely N-dealkylation sites (tertiary alicyclic amines) is 1. The molecule has 1 amide bonds. The quantitative estimate of drug-likeness (QED) is 0.761. The first-order chi connectivity index (χ1) is 9.54. The summed E-state index contributed by atoms with van der Waals surface area (Å²) in [6.45, 7) is 4.12. The van der Waals surface area contributed by atoms with Crippen LogP contribution in [-0.4, -0.2) is 46.4 Å². The number of carbonyl (C=O) groups excluding carboxylic acids is 2. The summed E-state index contributed by atoms with van der Waals surface area (Å²) >= 11 is 0. The van der Waals surface area contributed by atoms with Crippen molar-refractivity contribution < 1.29 is 14.3 Å². The van der Waals surface area contributed by atoms with Gasteiger partial charge in [-0.25, -0.2) is 14.8 Å². The van der Waals surface area contributed by atoms with E-state index in [2.05, 4.69) is 9.97 Å². The number of nitrogens with zero attached hydrogens (tertiary/aromatic N) is 3. The molecule has 0 bridgehead atoms. The maximum Gasteiger partial charge on any atom is 0.328 e. The number of methoxy groups -OCH3 is 1. The minimum absolute atomic E-state index is 0.197. The molecule has 1 aromatic heterocycles. The number of carbonyl (C=O) groups is 2. The number of hydrogen-bond acceptors (Lipinski definition) is 5. The van der Waals surface area contributed by atoms with Gasteiger partial charge in [-0.2, -0.15) is 0 Å². The van der Waals surface area contributed by atoms with Crippen molar-refractivity contribution >= 4 is 11.9 Å². The van der Waals surface area contributed by atoms with E-state index in [1.165, 1.54) is 13.3 Å². The van der Waals surface area contributed by atoms with Gasteiger partial charge in [-0.05, 0) is 33.1 Å². The Balaban J connectivity index is 2.27. The normalized spacial score (nSPS) is 18.8. The fraction of sp³-hybridized carbons (Fsp3) is 0.571. The second kappa shape index (κ2) is 5.98. The van der Waals surface area contributed by atoms with Crippen molar-refractivity contribution in [3.8, 4) is 0 Å². The molecule has 6 heteroatoms. The Hall–Kier alpha value is -1.98. The molecule has 1 fully saturated rings. The molecule has 6 nitrogen and oxygen atoms in total. The van der Waals surface area contributed by atoms with Crippen LogP contribution in [0.4, 0.5) is 0 Å². The fourth-order valence-corrected chi connectivity index (χ4v) is 2.50. The highest BCUT2D eigenvalue weighted by Gasteiger charge is 2.34. The molecule has 0 aliphatic carbocycles. The van der Waals surface area contributed by atoms with Gasteiger partial charge in [0.2, 0.25) is 0 Å². The topological polar surface area (TPSA) is 72.4 Å². The number of esters is 1. The molecule has 2 heterocycles. The zero-order valence-corrected chi connectivity index (χ0v) is 12.0. The Morgan fingerprint density at radius 1 is 1.35 bits per heavy atom. The highest BCUT2D eigenvalue weighted by molar-refractivity contribution is 5.97. The van der Waals surface area contributed by atoms with E-state index in [9.17, 15) is 9.59 Å². The summed E-state index contributed by atoms with van der Waals surface area (Å²) < 4.78 is 4.79. The third-order valence-corrected chi connectivity index (χ3v) is 3.57. The molecule has 1 aliphatic rings. The smallest absolute Gasteiger partial charge is 0.328 e. The lowest BCUT2D eigenvalue weighted by molar-refractivity contribution is -0.147. The SMILES string of the molecule is COC(=O)C1CCCCN1C(=O)c1cnc(C)nc1C. The molecule has 1 atom stereocenters. The van der Waals surface area contributed by atoms with Gasteiger partial charge in [-0.3, -0.25) is 4.79 Å². The van der Waals surface area contributed by atoms with Gasteiger partial charge in [-0.15, -0.1) is 0 Å². The molecule has 0 saturated carbocycles. The van der Waals surface area contributed by atoms with E-state index in [0.717, 1.165) is 12.8 Å². The Morgan fingerprint density at radius 2 is 2.10 bits per heavy atom. The maximum atomic E-state index is 12.6. The average Bonchev–Trinajstić information content (AvgIpc) is 2.46. The van der Waals surface area contributed by atoms with Gasteiger partial charge < -0.3 is 9.64 Å². The highest BCUT2D eigenvalue weighted by Crippen LogP contribution is 2.21. The molecule has 2 rings (SSSR count). The molecule has 108 valence electrons. The summed E-state index contributed by atoms with van der Waals surface area (Å²) in [6, 6.07) is -0.498. The number of amides is 1. The van der Waals surface area contributed by atoms with Gasteiger partial charge in [0.25, 0.3) is 5.91 Å². The Labute approximate surface area is 118 Å². The fourth-order valence-electron chi connectivity index (χ4n) is 2.50. The lowest BCUT2D eigenvalue weighted by Crippen LogP contribution is -2.48. The zero-order chi connectivity index (χ0) is 14.7. The van der Waals surface area contributed by atoms with Gasteiger partial charge >= 0.3 is 5.97 Å². The molecule has 0 N–H and O–H groups in total. The molecule has 0 aromatic carbocycles. The molecule has 1 aliphatic heterocycles. The van der Waals surface area contributed by atoms with Gasteiger partial charge in [0.1, 0.15) is 11.9 Å². The van der Waals surface area contributed by atoms with Crippen LogP contribution in [0.2, 0.25) is 0 Å². The van der Waals surface area contributed by atoms with E-state index in [-0.39, 0.29) is 11.9 Å². The lowest BCUT2D eigenvalue weighted by atomic mass is 10.0. The van der Waals surface area contributed by atoms with Gasteiger partial charge in [0.05, 0.1) is 18.4 Å². The van der Waals surface area contributed by atoms with Crippen LogP contribution in [0.25, 0.3) is 0 Å². The van der Waals surface area contributed by atoms with Crippen LogP contribution in [0.15, 0.2) is 6.20 Å². The Bertz CT molecular complexity index is 530. The molecule has 1 saturated heterocycles. The minimum Gasteiger partial charge on any atom is -0.467 e. The summed E-state index contributed by atoms with van der Waals surface area (Å²) in [7, 11) is 1.35. The predicted octanol–water partition coefficient (Wildman–Crippen LogP) is 1.26. The van der Waals surface area contributed by atoms with Crippen LogP contribution < -0.4 is 0 Å². The summed E-state index contributed by atoms with van der Waals surface area (Å²) in [5, 5.41) is 0. The first-order valence-electron chi connectivity index (χ1n) is 6.73. The van der Waals surface area contributed by atoms with E-state index in [0.29, 0.717) is 30.0 Å². The van der Waals surface area contributed by atoms with Gasteiger partial charge in [-0.1, -0.05) is 0 Å². The number of piperidine rings is 1. The largest absolute Gasteiger partial charge is 0.467 e. The summed E-state index contributed by atoms with van der Waals surface area (Å²) in [5.41, 5.74) is 1.09. The first kappa shape index (κ1) is 14.4. The monoisotopic (exact) mass is 277 g/mol. The number of rotatable bonds is 2. The second-order valence-electron chi connectivity index (χ2n) is 4.95. The van der Waals surface area contributed by atoms with Crippen molar-refractivity contribution in [1.82, 2.24) is 14.9 Å². The molecular formula is C14H19N3O3. The standard InChI is InChI=1S/C14H19N3O3/c1-9-11(8-15-10(2)16-9)13(18)17-7-5-4-6-12(17)14(19)20-3/h8,12H,4-7H2,1-3H3. The van der Waals surface area contributed by atoms with Crippen molar-refractivity contribution in [3.05, 3.63) is 23.3 Å². The van der Waals surface area contributed by atoms with Gasteiger partial charge in [0.15, 0.2) is 0 Å². The molecule has 0 radical (unpaired) electrons. The number of aromatic nitrogens is 2. The third-order valence-electron chi connectivity index (χ3n) is 3.57. The van der Waals surface area contributed by atoms with E-state index >= 15 is 0 Å². The molecule has 20 heavy (non-hydrogen) atoms. The molecular weight excluding hydrogens is 258 g/mol. The second-order valence-corrected chi connectivity index (χ2v) is 4.95. The van der Waals surface area contributed by atoms with Crippen molar-refractivity contribution in [2.45, 2.75) is 39.2 Å². The Morgan fingerprint density at radius 3 is 2.75 bits per heavy atom. The minimum atomic E-state index is -0.498. The average molecular weight is 277 g/mol. The van der Waals surface area contributed by atoms with Crippen molar-refractivity contribution in [3.63, 3.8) is 0 Å². The van der Waals surface area contributed by atoms with Crippen LogP contribution in [0.3, 0.4) is 0 Å². The van der Waals surface area contributed by atoms with E-state index in [1.54, 1.807) is 18.7 Å². The zero-order valence-electron chi connectivity index (χ0n) is 12.0. The van der Waals surface area contributed by atoms with Crippen LogP contribution >= 0.6 is 0 Å². The van der Waals surface area contributed by atoms with Crippen LogP contribution in [0.1, 0.15) is 41.1 Å². The van der Waals surface area contributed by atoms with Crippen molar-refractivity contribution in [2.75, 3.05) is 13.7 Å². The summed E-state index contributed by atoms with van der Waals surface area (Å²) in [6.07, 6.45) is 3.99. The van der Waals surface area contributed by atoms with Gasteiger partial charge in [0, 0.05) is 12.7 Å². The Kier molecular flexibility index (Phi) is 4.32. The maximum absolute atomic E-state index is 12.6. The number of aryl methyl sites for hydroxylation is 2. The van der Waals surface area contributed by atoms with E-state index in [4.69, 9.17) is 4.74 Å². The van der Waals surface area contributed by atoms with E-state index < -0.39 is 6.04 Å². The van der Waals surface area contributed by atoms with E-state index in [1.807, 2.05) is 0 Å². The third kappa shape index (κ3) is 2.79. The molecule has 1 unspecified atom stereocenters.